The summed E-state index contributed by atoms with van der Waals surface area (Å²) in [6, 6.07) is 0. The number of nitrogens with zero attached hydrogens (tertiary/aromatic N) is 1. The largest absolute Gasteiger partial charge is 0.494 e. The molecule has 0 spiro atoms. The molecule has 0 aliphatic heterocycles. The molecule has 0 unspecified atom stereocenters. The number of hydrogen-bond acceptors (Lipinski definition) is 5. The van der Waals surface area contributed by atoms with Crippen LogP contribution in [0, 0.1) is 0 Å². The second-order valence-corrected chi connectivity index (χ2v) is 3.15. The number of rotatable bonds is 5. The first-order chi connectivity index (χ1) is 8.56. The molecule has 1 aromatic heterocycles. The van der Waals surface area contributed by atoms with Crippen molar-refractivity contribution in [3.63, 3.8) is 0 Å². The lowest BCUT2D eigenvalue weighted by Crippen LogP contribution is -2.12. The topological polar surface area (TPSA) is 57.7 Å². The Balaban J connectivity index is 3.45. The Kier molecular flexibility index (Phi) is 4.82. The molecule has 1 heterocycles. The minimum atomic E-state index is -2.93. The van der Waals surface area contributed by atoms with Crippen LogP contribution in [0.1, 0.15) is 29.3 Å². The van der Waals surface area contributed by atoms with Crippen molar-refractivity contribution in [2.75, 3.05) is 20.8 Å². The van der Waals surface area contributed by atoms with Gasteiger partial charge in [0, 0.05) is 0 Å². The smallest absolute Gasteiger partial charge is 0.342 e. The molecule has 0 aliphatic carbocycles. The number of aromatic nitrogens is 1. The Morgan fingerprint density at radius 2 is 2.06 bits per heavy atom. The van der Waals surface area contributed by atoms with Crippen LogP contribution in [-0.2, 0) is 4.74 Å². The maximum absolute atomic E-state index is 13.0. The Labute approximate surface area is 103 Å². The van der Waals surface area contributed by atoms with Crippen molar-refractivity contribution in [2.45, 2.75) is 13.3 Å². The summed E-state index contributed by atoms with van der Waals surface area (Å²) < 4.78 is 40.3. The summed E-state index contributed by atoms with van der Waals surface area (Å²) in [4.78, 5) is 15.4. The highest BCUT2D eigenvalue weighted by atomic mass is 19.3. The van der Waals surface area contributed by atoms with E-state index in [4.69, 9.17) is 14.2 Å². The van der Waals surface area contributed by atoms with Gasteiger partial charge in [0.25, 0.3) is 6.43 Å². The molecule has 0 bridgehead atoms. The third-order valence-corrected chi connectivity index (χ3v) is 2.16. The van der Waals surface area contributed by atoms with E-state index in [9.17, 15) is 13.6 Å². The number of ether oxygens (including phenoxy) is 3. The number of carbonyl (C=O) groups excluding carboxylic acids is 1. The predicted molar refractivity (Wildman–Crippen MR) is 58.3 cm³/mol. The summed E-state index contributed by atoms with van der Waals surface area (Å²) in [6.45, 7) is 1.64. The maximum atomic E-state index is 13.0. The van der Waals surface area contributed by atoms with E-state index in [0.717, 1.165) is 6.20 Å². The summed E-state index contributed by atoms with van der Waals surface area (Å²) in [6.07, 6.45) is -1.79. The van der Waals surface area contributed by atoms with E-state index in [0.29, 0.717) is 0 Å². The number of pyridine rings is 1. The molecule has 18 heavy (non-hydrogen) atoms. The molecular weight excluding hydrogens is 248 g/mol. The number of hydrogen-bond donors (Lipinski definition) is 0. The van der Waals surface area contributed by atoms with Crippen molar-refractivity contribution in [1.82, 2.24) is 4.98 Å². The molecule has 0 radical (unpaired) electrons. The molecule has 1 rings (SSSR count). The van der Waals surface area contributed by atoms with Gasteiger partial charge >= 0.3 is 5.97 Å². The predicted octanol–water partition coefficient (Wildman–Crippen LogP) is 2.21. The molecule has 0 fully saturated rings. The monoisotopic (exact) mass is 261 g/mol. The minimum absolute atomic E-state index is 0.0648. The fraction of sp³-hybridized carbons (Fsp3) is 0.455. The van der Waals surface area contributed by atoms with Gasteiger partial charge in [-0.15, -0.1) is 0 Å². The molecule has 0 amide bonds. The van der Waals surface area contributed by atoms with Crippen LogP contribution < -0.4 is 9.47 Å². The van der Waals surface area contributed by atoms with Crippen molar-refractivity contribution in [3.8, 4) is 11.6 Å². The number of carbonyl (C=O) groups is 1. The molecule has 1 aromatic rings. The highest BCUT2D eigenvalue weighted by Crippen LogP contribution is 2.35. The molecule has 100 valence electrons. The molecule has 7 heteroatoms. The van der Waals surface area contributed by atoms with Gasteiger partial charge in [-0.25, -0.2) is 18.6 Å². The summed E-state index contributed by atoms with van der Waals surface area (Å²) in [5, 5.41) is 0. The first-order valence-electron chi connectivity index (χ1n) is 5.12. The third-order valence-electron chi connectivity index (χ3n) is 2.16. The average molecular weight is 261 g/mol. The Hall–Kier alpha value is -1.92. The van der Waals surface area contributed by atoms with E-state index in [2.05, 4.69) is 4.98 Å². The first kappa shape index (κ1) is 14.1. The van der Waals surface area contributed by atoms with E-state index < -0.39 is 18.0 Å². The van der Waals surface area contributed by atoms with Crippen molar-refractivity contribution >= 4 is 5.97 Å². The summed E-state index contributed by atoms with van der Waals surface area (Å²) in [7, 11) is 2.44. The molecule has 0 saturated heterocycles. The molecule has 0 atom stereocenters. The summed E-state index contributed by atoms with van der Waals surface area (Å²) >= 11 is 0. The van der Waals surface area contributed by atoms with Gasteiger partial charge in [0.15, 0.2) is 5.75 Å². The third kappa shape index (κ3) is 2.66. The van der Waals surface area contributed by atoms with E-state index in [1.165, 1.54) is 14.2 Å². The second kappa shape index (κ2) is 6.13. The zero-order valence-electron chi connectivity index (χ0n) is 10.2. The average Bonchev–Trinajstić information content (AvgIpc) is 2.36. The molecule has 0 aromatic carbocycles. The van der Waals surface area contributed by atoms with E-state index in [1.54, 1.807) is 6.92 Å². The van der Waals surface area contributed by atoms with Crippen LogP contribution in [0.15, 0.2) is 6.20 Å². The lowest BCUT2D eigenvalue weighted by molar-refractivity contribution is 0.0509. The van der Waals surface area contributed by atoms with Crippen LogP contribution >= 0.6 is 0 Å². The van der Waals surface area contributed by atoms with Crippen molar-refractivity contribution in [3.05, 3.63) is 17.3 Å². The normalized spacial score (nSPS) is 10.3. The molecule has 0 aliphatic rings. The van der Waals surface area contributed by atoms with Crippen LogP contribution in [0.5, 0.6) is 11.6 Å². The van der Waals surface area contributed by atoms with Crippen LogP contribution in [0.2, 0.25) is 0 Å². The number of methoxy groups -OCH3 is 2. The lowest BCUT2D eigenvalue weighted by Gasteiger charge is -2.14. The lowest BCUT2D eigenvalue weighted by atomic mass is 10.1. The second-order valence-electron chi connectivity index (χ2n) is 3.15. The quantitative estimate of drug-likeness (QED) is 0.760. The van der Waals surface area contributed by atoms with E-state index in [1.807, 2.05) is 0 Å². The van der Waals surface area contributed by atoms with Gasteiger partial charge in [-0.1, -0.05) is 0 Å². The fourth-order valence-electron chi connectivity index (χ4n) is 1.42. The van der Waals surface area contributed by atoms with Crippen molar-refractivity contribution in [1.29, 1.82) is 0 Å². The van der Waals surface area contributed by atoms with Gasteiger partial charge in [-0.3, -0.25) is 0 Å². The van der Waals surface area contributed by atoms with Gasteiger partial charge in [0.05, 0.1) is 32.6 Å². The molecule has 5 nitrogen and oxygen atoms in total. The Morgan fingerprint density at radius 3 is 2.50 bits per heavy atom. The minimum Gasteiger partial charge on any atom is -0.494 e. The highest BCUT2D eigenvalue weighted by Gasteiger charge is 2.29. The maximum Gasteiger partial charge on any atom is 0.342 e. The Morgan fingerprint density at radius 1 is 1.39 bits per heavy atom. The van der Waals surface area contributed by atoms with Crippen LogP contribution in [0.3, 0.4) is 0 Å². The van der Waals surface area contributed by atoms with Crippen molar-refractivity contribution < 1.29 is 27.8 Å². The van der Waals surface area contributed by atoms with Gasteiger partial charge in [0.1, 0.15) is 5.56 Å². The van der Waals surface area contributed by atoms with Crippen LogP contribution in [0.4, 0.5) is 8.78 Å². The number of halogens is 2. The fourth-order valence-corrected chi connectivity index (χ4v) is 1.42. The highest BCUT2D eigenvalue weighted by molar-refractivity contribution is 5.94. The van der Waals surface area contributed by atoms with Gasteiger partial charge in [-0.2, -0.15) is 0 Å². The standard InChI is InChI=1S/C11H13F2NO4/c1-4-18-11(15)7-6(16-2)5-14-10(17-3)8(7)9(12)13/h5,9H,4H2,1-3H3. The summed E-state index contributed by atoms with van der Waals surface area (Å²) in [5.41, 5.74) is -0.989. The van der Waals surface area contributed by atoms with Gasteiger partial charge < -0.3 is 14.2 Å². The van der Waals surface area contributed by atoms with Gasteiger partial charge in [-0.05, 0) is 6.92 Å². The molecule has 0 saturated carbocycles. The number of esters is 1. The number of alkyl halides is 2. The van der Waals surface area contributed by atoms with Crippen LogP contribution in [-0.4, -0.2) is 31.8 Å². The summed E-state index contributed by atoms with van der Waals surface area (Å²) in [5.74, 6) is -1.30. The van der Waals surface area contributed by atoms with Crippen molar-refractivity contribution in [2.24, 2.45) is 0 Å². The zero-order valence-corrected chi connectivity index (χ0v) is 10.2. The molecule has 0 N–H and O–H groups in total. The zero-order chi connectivity index (χ0) is 13.7. The Bertz CT molecular complexity index is 437. The van der Waals surface area contributed by atoms with E-state index >= 15 is 0 Å². The van der Waals surface area contributed by atoms with Gasteiger partial charge in [0.2, 0.25) is 5.88 Å². The first-order valence-corrected chi connectivity index (χ1v) is 5.12. The molecular formula is C11H13F2NO4. The van der Waals surface area contributed by atoms with E-state index in [-0.39, 0.29) is 23.8 Å². The SMILES string of the molecule is CCOC(=O)c1c(OC)cnc(OC)c1C(F)F. The van der Waals surface area contributed by atoms with Crippen LogP contribution in [0.25, 0.3) is 0 Å².